The normalized spacial score (nSPS) is 9.91. The minimum Gasteiger partial charge on any atom is -0.296 e. The van der Waals surface area contributed by atoms with E-state index < -0.39 is 0 Å². The quantitative estimate of drug-likeness (QED) is 0.669. The summed E-state index contributed by atoms with van der Waals surface area (Å²) in [6.45, 7) is 0. The largest absolute Gasteiger partial charge is 0.509 e. The van der Waals surface area contributed by atoms with Gasteiger partial charge in [0.05, 0.1) is 0 Å². The first-order valence-corrected chi connectivity index (χ1v) is 8.91. The van der Waals surface area contributed by atoms with Crippen molar-refractivity contribution in [2.45, 2.75) is 0 Å². The van der Waals surface area contributed by atoms with Crippen LogP contribution in [0.5, 0.6) is 0 Å². The van der Waals surface area contributed by atoms with Crippen molar-refractivity contribution in [2.75, 3.05) is 0 Å². The molecule has 0 fully saturated rings. The van der Waals surface area contributed by atoms with Gasteiger partial charge in [-0.05, 0) is 16.8 Å². The summed E-state index contributed by atoms with van der Waals surface area (Å²) in [6.07, 6.45) is 0. The lowest BCUT2D eigenvalue weighted by Crippen LogP contribution is -2.06. The number of hydrogen-bond acceptors (Lipinski definition) is 1. The Morgan fingerprint density at radius 2 is 2.18 bits per heavy atom. The second-order valence-electron chi connectivity index (χ2n) is 2.39. The van der Waals surface area contributed by atoms with Crippen LogP contribution in [0.4, 0.5) is 0 Å². The van der Waals surface area contributed by atoms with Crippen LogP contribution in [0, 0.1) is 0 Å². The molecular weight excluding hydrogens is 232 g/mol. The van der Waals surface area contributed by atoms with E-state index in [1.54, 1.807) is 0 Å². The fourth-order valence-electron chi connectivity index (χ4n) is 1.16. The number of halogens is 1. The molecule has 0 aliphatic heterocycles. The molecule has 0 aliphatic carbocycles. The third-order valence-corrected chi connectivity index (χ3v) is 5.66. The van der Waals surface area contributed by atoms with Gasteiger partial charge in [-0.3, -0.25) is 12.9 Å². The molecule has 1 heterocycles. The van der Waals surface area contributed by atoms with Crippen LogP contribution in [0.1, 0.15) is 0 Å². The van der Waals surface area contributed by atoms with E-state index in [2.05, 4.69) is 42.5 Å². The van der Waals surface area contributed by atoms with E-state index in [1.165, 1.54) is 13.8 Å². The Balaban J connectivity index is 2.79. The summed E-state index contributed by atoms with van der Waals surface area (Å²) in [5, 5.41) is 3.55. The van der Waals surface area contributed by atoms with E-state index in [1.807, 2.05) is 11.3 Å². The summed E-state index contributed by atoms with van der Waals surface area (Å²) >= 11 is 5.27. The van der Waals surface area contributed by atoms with Gasteiger partial charge in [-0.2, -0.15) is 0 Å². The van der Waals surface area contributed by atoms with Gasteiger partial charge >= 0.3 is 18.2 Å². The lowest BCUT2D eigenvalue weighted by Gasteiger charge is -1.95. The maximum absolute atomic E-state index is 3.61. The summed E-state index contributed by atoms with van der Waals surface area (Å²) in [5.74, 6) is 0. The second-order valence-corrected chi connectivity index (χ2v) is 6.02. The summed E-state index contributed by atoms with van der Waals surface area (Å²) in [5.41, 5.74) is 0. The van der Waals surface area contributed by atoms with Crippen LogP contribution in [0.3, 0.4) is 0 Å². The van der Waals surface area contributed by atoms with Gasteiger partial charge in [0.25, 0.3) is 0 Å². The Bertz CT molecular complexity index is 369. The number of rotatable bonds is 1. The molecular formula is C8H5BrMgS. The Labute approximate surface area is 85.2 Å². The highest BCUT2D eigenvalue weighted by Gasteiger charge is 2.01. The molecule has 0 saturated heterocycles. The van der Waals surface area contributed by atoms with Crippen LogP contribution >= 0.6 is 24.2 Å². The minimum atomic E-state index is -0.178. The van der Waals surface area contributed by atoms with Gasteiger partial charge in [0.1, 0.15) is 0 Å². The van der Waals surface area contributed by atoms with E-state index in [0.29, 0.717) is 0 Å². The van der Waals surface area contributed by atoms with E-state index >= 15 is 0 Å². The molecule has 0 aliphatic rings. The standard InChI is InChI=1S/C8H5S.BrH.Mg/c1-2-4-8-7(3-1)5-6-9-8;;/h1-3,5-6H;1H;/q;;+1/p-1. The van der Waals surface area contributed by atoms with E-state index in [4.69, 9.17) is 0 Å². The van der Waals surface area contributed by atoms with Gasteiger partial charge in [-0.1, -0.05) is 18.2 Å². The predicted octanol–water partition coefficient (Wildman–Crippen LogP) is 2.54. The van der Waals surface area contributed by atoms with Crippen LogP contribution in [-0.2, 0) is 0 Å². The van der Waals surface area contributed by atoms with E-state index in [-0.39, 0.29) is 18.2 Å². The van der Waals surface area contributed by atoms with E-state index in [0.717, 1.165) is 0 Å². The first-order valence-electron chi connectivity index (χ1n) is 3.43. The van der Waals surface area contributed by atoms with Crippen LogP contribution in [0.25, 0.3) is 10.1 Å². The van der Waals surface area contributed by atoms with Crippen molar-refractivity contribution in [1.82, 2.24) is 0 Å². The Morgan fingerprint density at radius 3 is 3.00 bits per heavy atom. The first kappa shape index (κ1) is 8.04. The molecule has 0 amide bonds. The maximum atomic E-state index is 3.61. The highest BCUT2D eigenvalue weighted by molar-refractivity contribution is 9.23. The highest BCUT2D eigenvalue weighted by atomic mass is 79.9. The molecule has 0 bridgehead atoms. The lowest BCUT2D eigenvalue weighted by molar-refractivity contribution is 1.90. The fraction of sp³-hybridized carbons (Fsp3) is 0. The summed E-state index contributed by atoms with van der Waals surface area (Å²) in [4.78, 5) is 0. The van der Waals surface area contributed by atoms with Crippen LogP contribution in [0.15, 0.2) is 29.6 Å². The second kappa shape index (κ2) is 3.43. The average Bonchev–Trinajstić information content (AvgIpc) is 2.50. The molecule has 0 spiro atoms. The molecule has 11 heavy (non-hydrogen) atoms. The highest BCUT2D eigenvalue weighted by Crippen LogP contribution is 2.17. The molecule has 0 unspecified atom stereocenters. The van der Waals surface area contributed by atoms with Gasteiger partial charge in [-0.15, -0.1) is 15.0 Å². The van der Waals surface area contributed by atoms with Crippen LogP contribution in [-0.4, -0.2) is 18.2 Å². The number of benzene rings is 1. The molecule has 3 heteroatoms. The SMILES string of the molecule is [Br][Mg][c]1cccc2ccsc12. The van der Waals surface area contributed by atoms with Gasteiger partial charge < -0.3 is 0 Å². The lowest BCUT2D eigenvalue weighted by atomic mass is 10.3. The summed E-state index contributed by atoms with van der Waals surface area (Å²) in [7, 11) is 0. The van der Waals surface area contributed by atoms with Crippen LogP contribution in [0.2, 0.25) is 0 Å². The molecule has 52 valence electrons. The monoisotopic (exact) mass is 236 g/mol. The van der Waals surface area contributed by atoms with Gasteiger partial charge in [0.2, 0.25) is 0 Å². The van der Waals surface area contributed by atoms with Crippen molar-refractivity contribution in [2.24, 2.45) is 0 Å². The number of thiophene rings is 1. The third kappa shape index (κ3) is 1.47. The van der Waals surface area contributed by atoms with Crippen molar-refractivity contribution in [3.05, 3.63) is 29.6 Å². The molecule has 0 nitrogen and oxygen atoms in total. The number of hydrogen-bond donors (Lipinski definition) is 0. The summed E-state index contributed by atoms with van der Waals surface area (Å²) in [6, 6.07) is 8.71. The van der Waals surface area contributed by atoms with Gasteiger partial charge in [0, 0.05) is 4.70 Å². The molecule has 2 aromatic rings. The smallest absolute Gasteiger partial charge is 0.296 e. The van der Waals surface area contributed by atoms with Crippen molar-refractivity contribution in [3.8, 4) is 0 Å². The Hall–Kier alpha value is 0.426. The zero-order valence-electron chi connectivity index (χ0n) is 5.88. The van der Waals surface area contributed by atoms with Crippen LogP contribution < -0.4 is 3.69 Å². The average molecular weight is 237 g/mol. The Kier molecular flexibility index (Phi) is 2.51. The van der Waals surface area contributed by atoms with Crippen molar-refractivity contribution < 1.29 is 0 Å². The molecule has 1 aromatic heterocycles. The van der Waals surface area contributed by atoms with Gasteiger partial charge in [-0.25, -0.2) is 0 Å². The fourth-order valence-corrected chi connectivity index (χ4v) is 4.98. The molecule has 2 rings (SSSR count). The first-order chi connectivity index (χ1) is 5.42. The predicted molar refractivity (Wildman–Crippen MR) is 56.1 cm³/mol. The molecule has 0 atom stereocenters. The minimum absolute atomic E-state index is 0.178. The molecule has 1 aromatic carbocycles. The molecule has 0 saturated carbocycles. The molecule has 0 radical (unpaired) electrons. The van der Waals surface area contributed by atoms with Crippen molar-refractivity contribution >= 4 is 56.2 Å². The zero-order chi connectivity index (χ0) is 7.68. The Morgan fingerprint density at radius 1 is 1.27 bits per heavy atom. The molecule has 0 N–H and O–H groups in total. The maximum Gasteiger partial charge on any atom is 0.509 e. The third-order valence-electron chi connectivity index (χ3n) is 1.70. The van der Waals surface area contributed by atoms with Gasteiger partial charge in [0.15, 0.2) is 0 Å². The topological polar surface area (TPSA) is 0 Å². The van der Waals surface area contributed by atoms with Crippen molar-refractivity contribution in [3.63, 3.8) is 0 Å². The summed E-state index contributed by atoms with van der Waals surface area (Å²) < 4.78 is 2.99. The number of fused-ring (bicyclic) bond motifs is 1. The van der Waals surface area contributed by atoms with E-state index in [9.17, 15) is 0 Å². The zero-order valence-corrected chi connectivity index (χ0v) is 9.70. The van der Waals surface area contributed by atoms with Crippen molar-refractivity contribution in [1.29, 1.82) is 0 Å².